The molecule has 0 saturated carbocycles. The first kappa shape index (κ1) is 24.6. The summed E-state index contributed by atoms with van der Waals surface area (Å²) in [5.74, 6) is -0.315. The highest BCUT2D eigenvalue weighted by atomic mass is 32.1. The van der Waals surface area contributed by atoms with Crippen molar-refractivity contribution in [2.45, 2.75) is 25.3 Å². The lowest BCUT2D eigenvalue weighted by Crippen LogP contribution is -2.48. The van der Waals surface area contributed by atoms with Crippen LogP contribution in [0.15, 0.2) is 89.6 Å². The van der Waals surface area contributed by atoms with Gasteiger partial charge in [0.2, 0.25) is 0 Å². The second kappa shape index (κ2) is 10.5. The van der Waals surface area contributed by atoms with E-state index in [0.29, 0.717) is 11.3 Å². The number of hydrazine groups is 1. The number of ether oxygens (including phenoxy) is 1. The van der Waals surface area contributed by atoms with Gasteiger partial charge in [0, 0.05) is 5.56 Å². The molecule has 3 aromatic carbocycles. The minimum atomic E-state index is -0.348. The molecule has 5 rings (SSSR count). The molecule has 0 radical (unpaired) electrons. The molecular weight excluding hydrogens is 492 g/mol. The van der Waals surface area contributed by atoms with Crippen molar-refractivity contribution in [3.8, 4) is 5.75 Å². The van der Waals surface area contributed by atoms with Crippen molar-refractivity contribution in [3.05, 3.63) is 118 Å². The summed E-state index contributed by atoms with van der Waals surface area (Å²) in [6.45, 7) is 0. The fourth-order valence-corrected chi connectivity index (χ4v) is 4.97. The predicted molar refractivity (Wildman–Crippen MR) is 142 cm³/mol. The molecule has 5 nitrogen and oxygen atoms in total. The SMILES string of the molecule is COc1ccc(C(=O)NC(=S)N2NC3=C(CCC/C3=C\c3ccc(F)cc3)[C@@H]2c2ccc(F)cc2)cc1. The average Bonchev–Trinajstić information content (AvgIpc) is 3.31. The van der Waals surface area contributed by atoms with Crippen molar-refractivity contribution in [2.24, 2.45) is 0 Å². The molecule has 1 atom stereocenters. The van der Waals surface area contributed by atoms with E-state index in [4.69, 9.17) is 17.0 Å². The Kier molecular flexibility index (Phi) is 7.01. The zero-order chi connectivity index (χ0) is 25.9. The summed E-state index contributed by atoms with van der Waals surface area (Å²) in [5.41, 5.74) is 8.68. The normalized spacial score (nSPS) is 17.9. The monoisotopic (exact) mass is 517 g/mol. The van der Waals surface area contributed by atoms with E-state index < -0.39 is 0 Å². The van der Waals surface area contributed by atoms with Crippen LogP contribution in [-0.2, 0) is 0 Å². The van der Waals surface area contributed by atoms with Crippen LogP contribution in [0.5, 0.6) is 5.75 Å². The van der Waals surface area contributed by atoms with E-state index >= 15 is 0 Å². The quantitative estimate of drug-likeness (QED) is 0.412. The van der Waals surface area contributed by atoms with Crippen LogP contribution in [0.2, 0.25) is 0 Å². The van der Waals surface area contributed by atoms with Crippen LogP contribution in [0.25, 0.3) is 6.08 Å². The lowest BCUT2D eigenvalue weighted by Gasteiger charge is -2.29. The Morgan fingerprint density at radius 3 is 2.30 bits per heavy atom. The van der Waals surface area contributed by atoms with Gasteiger partial charge in [-0.15, -0.1) is 0 Å². The highest BCUT2D eigenvalue weighted by Crippen LogP contribution is 2.44. The number of thiocarbonyl (C=S) groups is 1. The first-order valence-corrected chi connectivity index (χ1v) is 12.3. The fraction of sp³-hybridized carbons (Fsp3) is 0.172. The zero-order valence-electron chi connectivity index (χ0n) is 20.1. The minimum Gasteiger partial charge on any atom is -0.497 e. The number of nitrogens with zero attached hydrogens (tertiary/aromatic N) is 1. The van der Waals surface area contributed by atoms with Crippen LogP contribution in [0, 0.1) is 11.6 Å². The van der Waals surface area contributed by atoms with Crippen molar-refractivity contribution >= 4 is 29.3 Å². The number of carbonyl (C=O) groups excluding carboxylic acids is 1. The Labute approximate surface area is 219 Å². The molecule has 2 aliphatic rings. The largest absolute Gasteiger partial charge is 0.497 e. The summed E-state index contributed by atoms with van der Waals surface area (Å²) in [4.78, 5) is 12.9. The maximum atomic E-state index is 13.7. The van der Waals surface area contributed by atoms with Gasteiger partial charge >= 0.3 is 0 Å². The zero-order valence-corrected chi connectivity index (χ0v) is 20.9. The number of allylic oxidation sites excluding steroid dienone is 1. The molecule has 0 bridgehead atoms. The Bertz CT molecular complexity index is 1380. The third-order valence-electron chi connectivity index (χ3n) is 6.54. The standard InChI is InChI=1S/C29H25F2N3O2S/c1-36-24-15-9-20(10-16-24)28(35)32-29(37)34-27(19-7-13-23(31)14-8-19)25-4-2-3-21(26(25)33-34)17-18-5-11-22(30)12-6-18/h5-17,27,33H,2-4H2,1H3,(H,32,35,37)/b21-17+/t27-/m0/s1. The minimum absolute atomic E-state index is 0.200. The number of rotatable bonds is 4. The topological polar surface area (TPSA) is 53.6 Å². The van der Waals surface area contributed by atoms with Gasteiger partial charge in [0.25, 0.3) is 5.91 Å². The van der Waals surface area contributed by atoms with E-state index in [1.54, 1.807) is 60.6 Å². The molecule has 0 fully saturated rings. The molecule has 37 heavy (non-hydrogen) atoms. The number of hydrogen-bond acceptors (Lipinski definition) is 4. The van der Waals surface area contributed by atoms with Crippen LogP contribution in [0.1, 0.15) is 46.8 Å². The molecule has 3 aromatic rings. The molecule has 2 N–H and O–H groups in total. The number of hydrogen-bond donors (Lipinski definition) is 2. The average molecular weight is 518 g/mol. The number of benzene rings is 3. The van der Waals surface area contributed by atoms with Crippen molar-refractivity contribution in [3.63, 3.8) is 0 Å². The van der Waals surface area contributed by atoms with Crippen molar-refractivity contribution < 1.29 is 18.3 Å². The van der Waals surface area contributed by atoms with Crippen molar-refractivity contribution in [1.82, 2.24) is 15.8 Å². The third kappa shape index (κ3) is 5.24. The molecule has 188 valence electrons. The molecule has 1 heterocycles. The maximum Gasteiger partial charge on any atom is 0.257 e. The number of amides is 1. The molecule has 1 amide bonds. The maximum absolute atomic E-state index is 13.7. The van der Waals surface area contributed by atoms with Crippen LogP contribution in [0.4, 0.5) is 8.78 Å². The Morgan fingerprint density at radius 1 is 1.00 bits per heavy atom. The molecule has 8 heteroatoms. The van der Waals surface area contributed by atoms with E-state index in [9.17, 15) is 13.6 Å². The lowest BCUT2D eigenvalue weighted by molar-refractivity contribution is 0.0971. The van der Waals surface area contributed by atoms with Crippen molar-refractivity contribution in [2.75, 3.05) is 7.11 Å². The van der Waals surface area contributed by atoms with E-state index in [2.05, 4.69) is 10.7 Å². The molecule has 0 aromatic heterocycles. The smallest absolute Gasteiger partial charge is 0.257 e. The Hall–Kier alpha value is -4.04. The van der Waals surface area contributed by atoms with Crippen LogP contribution < -0.4 is 15.5 Å². The molecule has 0 unspecified atom stereocenters. The van der Waals surface area contributed by atoms with Crippen molar-refractivity contribution in [1.29, 1.82) is 0 Å². The number of halogens is 2. The van der Waals surface area contributed by atoms with Gasteiger partial charge in [0.05, 0.1) is 12.8 Å². The first-order chi connectivity index (χ1) is 17.9. The Balaban J connectivity index is 1.46. The van der Waals surface area contributed by atoms with Gasteiger partial charge in [-0.05, 0) is 108 Å². The highest BCUT2D eigenvalue weighted by molar-refractivity contribution is 7.80. The van der Waals surface area contributed by atoms with E-state index in [1.807, 2.05) is 6.08 Å². The van der Waals surface area contributed by atoms with E-state index in [0.717, 1.165) is 47.2 Å². The third-order valence-corrected chi connectivity index (χ3v) is 6.84. The van der Waals surface area contributed by atoms with Gasteiger partial charge in [-0.1, -0.05) is 24.3 Å². The first-order valence-electron chi connectivity index (χ1n) is 11.9. The number of methoxy groups -OCH3 is 1. The molecule has 0 spiro atoms. The number of carbonyl (C=O) groups is 1. The summed E-state index contributed by atoms with van der Waals surface area (Å²) in [5, 5.41) is 4.77. The van der Waals surface area contributed by atoms with Crippen LogP contribution >= 0.6 is 12.2 Å². The summed E-state index contributed by atoms with van der Waals surface area (Å²) in [6, 6.07) is 19.1. The summed E-state index contributed by atoms with van der Waals surface area (Å²) >= 11 is 5.69. The number of nitrogens with one attached hydrogen (secondary N) is 2. The van der Waals surface area contributed by atoms with Gasteiger partial charge in [-0.3, -0.25) is 20.5 Å². The van der Waals surface area contributed by atoms with Crippen LogP contribution in [0.3, 0.4) is 0 Å². The second-order valence-corrected chi connectivity index (χ2v) is 9.29. The molecule has 1 aliphatic carbocycles. The summed E-state index contributed by atoms with van der Waals surface area (Å²) < 4.78 is 32.3. The molecular formula is C29H25F2N3O2S. The summed E-state index contributed by atoms with van der Waals surface area (Å²) in [7, 11) is 1.56. The van der Waals surface area contributed by atoms with Gasteiger partial charge in [0.1, 0.15) is 23.4 Å². The van der Waals surface area contributed by atoms with Gasteiger partial charge < -0.3 is 4.74 Å². The van der Waals surface area contributed by atoms with Gasteiger partial charge in [-0.2, -0.15) is 0 Å². The second-order valence-electron chi connectivity index (χ2n) is 8.90. The molecule has 1 aliphatic heterocycles. The lowest BCUT2D eigenvalue weighted by atomic mass is 9.86. The van der Waals surface area contributed by atoms with Crippen LogP contribution in [-0.4, -0.2) is 23.1 Å². The highest BCUT2D eigenvalue weighted by Gasteiger charge is 2.38. The van der Waals surface area contributed by atoms with Gasteiger partial charge in [0.15, 0.2) is 5.11 Å². The predicted octanol–water partition coefficient (Wildman–Crippen LogP) is 6.07. The summed E-state index contributed by atoms with van der Waals surface area (Å²) in [6.07, 6.45) is 4.60. The van der Waals surface area contributed by atoms with E-state index in [1.165, 1.54) is 24.3 Å². The van der Waals surface area contributed by atoms with E-state index in [-0.39, 0.29) is 28.7 Å². The van der Waals surface area contributed by atoms with Gasteiger partial charge in [-0.25, -0.2) is 8.78 Å². The molecule has 0 saturated heterocycles. The Morgan fingerprint density at radius 2 is 1.65 bits per heavy atom. The fourth-order valence-electron chi connectivity index (χ4n) is 4.72.